The third kappa shape index (κ3) is 4.00. The van der Waals surface area contributed by atoms with Gasteiger partial charge in [0.05, 0.1) is 14.2 Å². The van der Waals surface area contributed by atoms with Crippen LogP contribution in [0.4, 0.5) is 11.4 Å². The van der Waals surface area contributed by atoms with E-state index < -0.39 is 11.8 Å². The molecule has 0 aliphatic rings. The van der Waals surface area contributed by atoms with Gasteiger partial charge in [-0.05, 0) is 30.7 Å². The van der Waals surface area contributed by atoms with Gasteiger partial charge in [-0.15, -0.1) is 0 Å². The van der Waals surface area contributed by atoms with Crippen LogP contribution in [-0.4, -0.2) is 26.0 Å². The summed E-state index contributed by atoms with van der Waals surface area (Å²) in [6.07, 6.45) is 0. The highest BCUT2D eigenvalue weighted by Gasteiger charge is 2.15. The normalized spacial score (nSPS) is 9.87. The number of para-hydroxylation sites is 1. The van der Waals surface area contributed by atoms with Gasteiger partial charge in [-0.1, -0.05) is 18.2 Å². The molecule has 0 radical (unpaired) electrons. The van der Waals surface area contributed by atoms with E-state index in [0.717, 1.165) is 5.56 Å². The summed E-state index contributed by atoms with van der Waals surface area (Å²) in [6, 6.07) is 12.1. The number of methoxy groups -OCH3 is 2. The molecule has 2 rings (SSSR count). The average molecular weight is 314 g/mol. The smallest absolute Gasteiger partial charge is 0.314 e. The van der Waals surface area contributed by atoms with Crippen molar-refractivity contribution in [2.24, 2.45) is 0 Å². The summed E-state index contributed by atoms with van der Waals surface area (Å²) in [7, 11) is 3.01. The largest absolute Gasteiger partial charge is 0.493 e. The molecule has 0 aliphatic heterocycles. The van der Waals surface area contributed by atoms with E-state index in [-0.39, 0.29) is 0 Å². The molecule has 0 atom stereocenters. The van der Waals surface area contributed by atoms with E-state index in [2.05, 4.69) is 10.6 Å². The minimum absolute atomic E-state index is 0.438. The van der Waals surface area contributed by atoms with Crippen LogP contribution < -0.4 is 20.1 Å². The molecule has 0 aliphatic carbocycles. The Labute approximate surface area is 134 Å². The zero-order chi connectivity index (χ0) is 16.8. The van der Waals surface area contributed by atoms with Gasteiger partial charge in [-0.25, -0.2) is 0 Å². The Bertz CT molecular complexity index is 728. The molecule has 120 valence electrons. The second-order valence-electron chi connectivity index (χ2n) is 4.79. The fourth-order valence-corrected chi connectivity index (χ4v) is 1.99. The summed E-state index contributed by atoms with van der Waals surface area (Å²) in [6.45, 7) is 1.85. The van der Waals surface area contributed by atoms with Gasteiger partial charge in [0, 0.05) is 17.4 Å². The molecule has 6 nitrogen and oxygen atoms in total. The van der Waals surface area contributed by atoms with Crippen molar-refractivity contribution >= 4 is 23.2 Å². The summed E-state index contributed by atoms with van der Waals surface area (Å²) >= 11 is 0. The molecule has 2 amide bonds. The first-order valence-electron chi connectivity index (χ1n) is 6.95. The van der Waals surface area contributed by atoms with Gasteiger partial charge in [0.1, 0.15) is 0 Å². The lowest BCUT2D eigenvalue weighted by Gasteiger charge is -2.11. The molecule has 2 aromatic rings. The zero-order valence-electron chi connectivity index (χ0n) is 13.2. The fourth-order valence-electron chi connectivity index (χ4n) is 1.99. The van der Waals surface area contributed by atoms with Crippen LogP contribution in [0.15, 0.2) is 42.5 Å². The maximum Gasteiger partial charge on any atom is 0.314 e. The van der Waals surface area contributed by atoms with E-state index in [0.29, 0.717) is 22.9 Å². The molecule has 6 heteroatoms. The van der Waals surface area contributed by atoms with Crippen molar-refractivity contribution in [3.63, 3.8) is 0 Å². The van der Waals surface area contributed by atoms with E-state index in [1.54, 1.807) is 30.3 Å². The van der Waals surface area contributed by atoms with Crippen LogP contribution in [0.5, 0.6) is 11.5 Å². The number of carbonyl (C=O) groups excluding carboxylic acids is 2. The topological polar surface area (TPSA) is 76.7 Å². The standard InChI is InChI=1S/C17H18N2O4/c1-11-6-4-5-7-13(11)19-17(21)16(20)18-12-8-9-14(22-2)15(10-12)23-3/h4-10H,1-3H3,(H,18,20)(H,19,21). The first kappa shape index (κ1) is 16.4. The summed E-state index contributed by atoms with van der Waals surface area (Å²) < 4.78 is 10.3. The molecular formula is C17H18N2O4. The number of rotatable bonds is 4. The van der Waals surface area contributed by atoms with E-state index >= 15 is 0 Å². The molecule has 2 N–H and O–H groups in total. The van der Waals surface area contributed by atoms with E-state index in [4.69, 9.17) is 9.47 Å². The second kappa shape index (κ2) is 7.31. The summed E-state index contributed by atoms with van der Waals surface area (Å²) in [4.78, 5) is 24.0. The Morgan fingerprint density at radius 2 is 1.52 bits per heavy atom. The van der Waals surface area contributed by atoms with Crippen LogP contribution in [0.2, 0.25) is 0 Å². The Morgan fingerprint density at radius 3 is 2.17 bits per heavy atom. The second-order valence-corrected chi connectivity index (χ2v) is 4.79. The average Bonchev–Trinajstić information content (AvgIpc) is 2.56. The fraction of sp³-hybridized carbons (Fsp3) is 0.176. The molecular weight excluding hydrogens is 296 g/mol. The number of aryl methyl sites for hydroxylation is 1. The van der Waals surface area contributed by atoms with Crippen LogP contribution in [0.1, 0.15) is 5.56 Å². The third-order valence-electron chi connectivity index (χ3n) is 3.24. The molecule has 2 aromatic carbocycles. The maximum atomic E-state index is 12.0. The van der Waals surface area contributed by atoms with Gasteiger partial charge in [0.15, 0.2) is 11.5 Å². The lowest BCUT2D eigenvalue weighted by molar-refractivity contribution is -0.133. The molecule has 0 spiro atoms. The number of anilines is 2. The number of hydrogen-bond acceptors (Lipinski definition) is 4. The van der Waals surface area contributed by atoms with E-state index in [1.165, 1.54) is 14.2 Å². The monoisotopic (exact) mass is 314 g/mol. The highest BCUT2D eigenvalue weighted by molar-refractivity contribution is 6.43. The molecule has 0 saturated heterocycles. The van der Waals surface area contributed by atoms with Crippen LogP contribution >= 0.6 is 0 Å². The van der Waals surface area contributed by atoms with Crippen LogP contribution in [0, 0.1) is 6.92 Å². The lowest BCUT2D eigenvalue weighted by Crippen LogP contribution is -2.29. The highest BCUT2D eigenvalue weighted by Crippen LogP contribution is 2.29. The first-order valence-corrected chi connectivity index (χ1v) is 6.95. The predicted octanol–water partition coefficient (Wildman–Crippen LogP) is 2.59. The number of ether oxygens (including phenoxy) is 2. The SMILES string of the molecule is COc1ccc(NC(=O)C(=O)Nc2ccccc2C)cc1OC. The predicted molar refractivity (Wildman–Crippen MR) is 88.0 cm³/mol. The van der Waals surface area contributed by atoms with Gasteiger partial charge < -0.3 is 20.1 Å². The zero-order valence-corrected chi connectivity index (χ0v) is 13.2. The van der Waals surface area contributed by atoms with Crippen molar-refractivity contribution in [2.75, 3.05) is 24.9 Å². The number of carbonyl (C=O) groups is 2. The Balaban J connectivity index is 2.07. The van der Waals surface area contributed by atoms with Crippen molar-refractivity contribution in [1.29, 1.82) is 0 Å². The van der Waals surface area contributed by atoms with Gasteiger partial charge in [-0.3, -0.25) is 9.59 Å². The minimum atomic E-state index is -0.763. The van der Waals surface area contributed by atoms with Gasteiger partial charge in [0.25, 0.3) is 0 Å². The van der Waals surface area contributed by atoms with Crippen molar-refractivity contribution in [2.45, 2.75) is 6.92 Å². The van der Waals surface area contributed by atoms with Crippen molar-refractivity contribution in [3.05, 3.63) is 48.0 Å². The lowest BCUT2D eigenvalue weighted by atomic mass is 10.2. The molecule has 0 saturated carbocycles. The van der Waals surface area contributed by atoms with Gasteiger partial charge >= 0.3 is 11.8 Å². The Kier molecular flexibility index (Phi) is 5.19. The van der Waals surface area contributed by atoms with Gasteiger partial charge in [-0.2, -0.15) is 0 Å². The number of nitrogens with one attached hydrogen (secondary N) is 2. The van der Waals surface area contributed by atoms with Crippen molar-refractivity contribution in [3.8, 4) is 11.5 Å². The van der Waals surface area contributed by atoms with Crippen molar-refractivity contribution in [1.82, 2.24) is 0 Å². The van der Waals surface area contributed by atoms with E-state index in [9.17, 15) is 9.59 Å². The summed E-state index contributed by atoms with van der Waals surface area (Å²) in [5, 5.41) is 5.10. The van der Waals surface area contributed by atoms with Crippen LogP contribution in [0.3, 0.4) is 0 Å². The maximum absolute atomic E-state index is 12.0. The first-order chi connectivity index (χ1) is 11.0. The van der Waals surface area contributed by atoms with Gasteiger partial charge in [0.2, 0.25) is 0 Å². The third-order valence-corrected chi connectivity index (χ3v) is 3.24. The summed E-state index contributed by atoms with van der Waals surface area (Å²) in [5.74, 6) is -0.506. The van der Waals surface area contributed by atoms with Crippen LogP contribution in [-0.2, 0) is 9.59 Å². The molecule has 0 heterocycles. The number of hydrogen-bond donors (Lipinski definition) is 2. The quantitative estimate of drug-likeness (QED) is 0.851. The van der Waals surface area contributed by atoms with Crippen molar-refractivity contribution < 1.29 is 19.1 Å². The highest BCUT2D eigenvalue weighted by atomic mass is 16.5. The Morgan fingerprint density at radius 1 is 0.870 bits per heavy atom. The summed E-state index contributed by atoms with van der Waals surface area (Å²) in [5.41, 5.74) is 1.91. The molecule has 23 heavy (non-hydrogen) atoms. The molecule has 0 aromatic heterocycles. The molecule has 0 fully saturated rings. The number of amides is 2. The van der Waals surface area contributed by atoms with E-state index in [1.807, 2.05) is 19.1 Å². The molecule has 0 unspecified atom stereocenters. The molecule has 0 bridgehead atoms. The Hall–Kier alpha value is -3.02. The minimum Gasteiger partial charge on any atom is -0.493 e. The van der Waals surface area contributed by atoms with Crippen LogP contribution in [0.25, 0.3) is 0 Å². The number of benzene rings is 2.